The first-order valence-electron chi connectivity index (χ1n) is 6.06. The lowest BCUT2D eigenvalue weighted by atomic mass is 9.93. The van der Waals surface area contributed by atoms with Crippen molar-refractivity contribution in [3.8, 4) is 5.75 Å². The highest BCUT2D eigenvalue weighted by Gasteiger charge is 2.20. The molecule has 19 heavy (non-hydrogen) atoms. The number of aliphatic carboxylic acids is 1. The van der Waals surface area contributed by atoms with E-state index in [1.54, 1.807) is 25.7 Å². The summed E-state index contributed by atoms with van der Waals surface area (Å²) in [4.78, 5) is 11.4. The van der Waals surface area contributed by atoms with Crippen LogP contribution in [0.2, 0.25) is 0 Å². The standard InChI is InChI=1S/C15H16O4/c1-18-14-5-3-2-4-12(14)9-13(15(16)17)8-11-6-7-19-10-11/h2-7,10,13H,8-9H2,1H3,(H,16,17). The number of hydrogen-bond donors (Lipinski definition) is 1. The normalized spacial score (nSPS) is 12.1. The van der Waals surface area contributed by atoms with E-state index in [0.29, 0.717) is 12.8 Å². The highest BCUT2D eigenvalue weighted by molar-refractivity contribution is 5.71. The molecule has 1 aromatic carbocycles. The van der Waals surface area contributed by atoms with Gasteiger partial charge in [-0.15, -0.1) is 0 Å². The molecule has 2 aromatic rings. The second kappa shape index (κ2) is 6.09. The highest BCUT2D eigenvalue weighted by atomic mass is 16.5. The molecule has 0 fully saturated rings. The molecule has 4 nitrogen and oxygen atoms in total. The zero-order chi connectivity index (χ0) is 13.7. The first-order valence-corrected chi connectivity index (χ1v) is 6.06. The van der Waals surface area contributed by atoms with Crippen LogP contribution in [0.15, 0.2) is 47.3 Å². The zero-order valence-corrected chi connectivity index (χ0v) is 10.7. The lowest BCUT2D eigenvalue weighted by Gasteiger charge is -2.13. The minimum absolute atomic E-state index is 0.435. The van der Waals surface area contributed by atoms with Crippen LogP contribution in [0.3, 0.4) is 0 Å². The van der Waals surface area contributed by atoms with Crippen molar-refractivity contribution >= 4 is 5.97 Å². The number of benzene rings is 1. The average molecular weight is 260 g/mol. The molecule has 4 heteroatoms. The van der Waals surface area contributed by atoms with Crippen LogP contribution in [0.4, 0.5) is 0 Å². The maximum absolute atomic E-state index is 11.4. The van der Waals surface area contributed by atoms with E-state index in [9.17, 15) is 9.90 Å². The monoisotopic (exact) mass is 260 g/mol. The van der Waals surface area contributed by atoms with E-state index in [1.807, 2.05) is 24.3 Å². The molecule has 0 spiro atoms. The molecule has 0 saturated heterocycles. The van der Waals surface area contributed by atoms with E-state index in [1.165, 1.54) is 0 Å². The quantitative estimate of drug-likeness (QED) is 0.867. The van der Waals surface area contributed by atoms with Crippen molar-refractivity contribution in [3.63, 3.8) is 0 Å². The van der Waals surface area contributed by atoms with Crippen molar-refractivity contribution in [2.24, 2.45) is 5.92 Å². The summed E-state index contributed by atoms with van der Waals surface area (Å²) in [6, 6.07) is 9.27. The molecule has 2 rings (SSSR count). The van der Waals surface area contributed by atoms with E-state index in [-0.39, 0.29) is 0 Å². The summed E-state index contributed by atoms with van der Waals surface area (Å²) in [5.41, 5.74) is 1.79. The maximum Gasteiger partial charge on any atom is 0.307 e. The van der Waals surface area contributed by atoms with Gasteiger partial charge < -0.3 is 14.3 Å². The molecule has 1 N–H and O–H groups in total. The molecule has 100 valence electrons. The van der Waals surface area contributed by atoms with Crippen molar-refractivity contribution in [3.05, 3.63) is 54.0 Å². The van der Waals surface area contributed by atoms with Crippen LogP contribution in [0, 0.1) is 5.92 Å². The van der Waals surface area contributed by atoms with Gasteiger partial charge >= 0.3 is 5.97 Å². The summed E-state index contributed by atoms with van der Waals surface area (Å²) in [7, 11) is 1.59. The fourth-order valence-corrected chi connectivity index (χ4v) is 2.08. The molecule has 0 saturated carbocycles. The number of hydrogen-bond acceptors (Lipinski definition) is 3. The SMILES string of the molecule is COc1ccccc1CC(Cc1ccoc1)C(=O)O. The molecule has 1 aromatic heterocycles. The first-order chi connectivity index (χ1) is 9.20. The Bertz CT molecular complexity index is 531. The average Bonchev–Trinajstić information content (AvgIpc) is 2.91. The largest absolute Gasteiger partial charge is 0.496 e. The maximum atomic E-state index is 11.4. The predicted octanol–water partition coefficient (Wildman–Crippen LogP) is 2.77. The molecule has 1 unspecified atom stereocenters. The summed E-state index contributed by atoms with van der Waals surface area (Å²) in [5.74, 6) is -0.582. The van der Waals surface area contributed by atoms with Gasteiger partial charge in [-0.3, -0.25) is 4.79 Å². The third-order valence-electron chi connectivity index (χ3n) is 3.07. The molecule has 0 aliphatic rings. The highest BCUT2D eigenvalue weighted by Crippen LogP contribution is 2.23. The van der Waals surface area contributed by atoms with Gasteiger partial charge in [0.05, 0.1) is 25.6 Å². The Hall–Kier alpha value is -2.23. The van der Waals surface area contributed by atoms with Crippen LogP contribution in [0.1, 0.15) is 11.1 Å². The van der Waals surface area contributed by atoms with Gasteiger partial charge in [-0.2, -0.15) is 0 Å². The van der Waals surface area contributed by atoms with Crippen molar-refractivity contribution < 1.29 is 19.1 Å². The third kappa shape index (κ3) is 3.37. The summed E-state index contributed by atoms with van der Waals surface area (Å²) in [5, 5.41) is 9.33. The number of carboxylic acids is 1. The topological polar surface area (TPSA) is 59.7 Å². The van der Waals surface area contributed by atoms with Gasteiger partial charge in [-0.05, 0) is 36.1 Å². The minimum atomic E-state index is -0.813. The fourth-order valence-electron chi connectivity index (χ4n) is 2.08. The van der Waals surface area contributed by atoms with Crippen LogP contribution in [-0.2, 0) is 17.6 Å². The molecule has 1 heterocycles. The van der Waals surface area contributed by atoms with Crippen LogP contribution >= 0.6 is 0 Å². The Labute approximate surface area is 111 Å². The molecular formula is C15H16O4. The smallest absolute Gasteiger partial charge is 0.307 e. The first kappa shape index (κ1) is 13.2. The molecule has 0 amide bonds. The Morgan fingerprint density at radius 3 is 2.74 bits per heavy atom. The third-order valence-corrected chi connectivity index (χ3v) is 3.07. The summed E-state index contributed by atoms with van der Waals surface area (Å²) < 4.78 is 10.2. The van der Waals surface area contributed by atoms with E-state index in [2.05, 4.69) is 0 Å². The Balaban J connectivity index is 2.14. The predicted molar refractivity (Wildman–Crippen MR) is 70.2 cm³/mol. The van der Waals surface area contributed by atoms with Crippen LogP contribution in [-0.4, -0.2) is 18.2 Å². The van der Waals surface area contributed by atoms with Gasteiger partial charge in [0.1, 0.15) is 5.75 Å². The summed E-state index contributed by atoms with van der Waals surface area (Å²) in [6.07, 6.45) is 4.02. The van der Waals surface area contributed by atoms with Gasteiger partial charge in [0.2, 0.25) is 0 Å². The number of ether oxygens (including phenoxy) is 1. The molecular weight excluding hydrogens is 244 g/mol. The minimum Gasteiger partial charge on any atom is -0.496 e. The van der Waals surface area contributed by atoms with E-state index in [4.69, 9.17) is 9.15 Å². The number of furan rings is 1. The van der Waals surface area contributed by atoms with Gasteiger partial charge in [-0.25, -0.2) is 0 Å². The van der Waals surface area contributed by atoms with Gasteiger partial charge in [0, 0.05) is 0 Å². The van der Waals surface area contributed by atoms with E-state index < -0.39 is 11.9 Å². The molecule has 1 atom stereocenters. The molecule has 0 radical (unpaired) electrons. The second-order valence-electron chi connectivity index (χ2n) is 4.39. The summed E-state index contributed by atoms with van der Waals surface area (Å²) >= 11 is 0. The Morgan fingerprint density at radius 2 is 2.11 bits per heavy atom. The molecule has 0 aliphatic heterocycles. The fraction of sp³-hybridized carbons (Fsp3) is 0.267. The number of para-hydroxylation sites is 1. The second-order valence-corrected chi connectivity index (χ2v) is 4.39. The number of methoxy groups -OCH3 is 1. The number of carbonyl (C=O) groups is 1. The molecule has 0 aliphatic carbocycles. The van der Waals surface area contributed by atoms with Crippen molar-refractivity contribution in [1.29, 1.82) is 0 Å². The van der Waals surface area contributed by atoms with Crippen molar-refractivity contribution in [1.82, 2.24) is 0 Å². The Kier molecular flexibility index (Phi) is 4.23. The lowest BCUT2D eigenvalue weighted by Crippen LogP contribution is -2.19. The zero-order valence-electron chi connectivity index (χ0n) is 10.7. The van der Waals surface area contributed by atoms with Gasteiger partial charge in [-0.1, -0.05) is 18.2 Å². The number of carboxylic acid groups (broad SMARTS) is 1. The molecule has 0 bridgehead atoms. The lowest BCUT2D eigenvalue weighted by molar-refractivity contribution is -0.141. The van der Waals surface area contributed by atoms with Gasteiger partial charge in [0.25, 0.3) is 0 Å². The van der Waals surface area contributed by atoms with Crippen LogP contribution < -0.4 is 4.74 Å². The van der Waals surface area contributed by atoms with Crippen molar-refractivity contribution in [2.45, 2.75) is 12.8 Å². The van der Waals surface area contributed by atoms with E-state index >= 15 is 0 Å². The van der Waals surface area contributed by atoms with E-state index in [0.717, 1.165) is 16.9 Å². The van der Waals surface area contributed by atoms with Gasteiger partial charge in [0.15, 0.2) is 0 Å². The van der Waals surface area contributed by atoms with Crippen molar-refractivity contribution in [2.75, 3.05) is 7.11 Å². The Morgan fingerprint density at radius 1 is 1.32 bits per heavy atom. The van der Waals surface area contributed by atoms with Crippen LogP contribution in [0.25, 0.3) is 0 Å². The number of rotatable bonds is 6. The summed E-state index contributed by atoms with van der Waals surface area (Å²) in [6.45, 7) is 0. The van der Waals surface area contributed by atoms with Crippen LogP contribution in [0.5, 0.6) is 5.75 Å².